The van der Waals surface area contributed by atoms with Crippen LogP contribution in [0.2, 0.25) is 0 Å². The van der Waals surface area contributed by atoms with Crippen LogP contribution in [0.4, 0.5) is 0 Å². The van der Waals surface area contributed by atoms with Gasteiger partial charge in [-0.3, -0.25) is 4.79 Å². The van der Waals surface area contributed by atoms with Crippen molar-refractivity contribution in [3.63, 3.8) is 0 Å². The Morgan fingerprint density at radius 3 is 2.95 bits per heavy atom. The van der Waals surface area contributed by atoms with Gasteiger partial charge in [-0.05, 0) is 56.8 Å². The van der Waals surface area contributed by atoms with Gasteiger partial charge in [-0.1, -0.05) is 6.92 Å². The van der Waals surface area contributed by atoms with E-state index in [0.29, 0.717) is 24.8 Å². The molecule has 20 heavy (non-hydrogen) atoms. The number of carbonyl (C=O) groups is 1. The Bertz CT molecular complexity index is 435. The second-order valence-electron chi connectivity index (χ2n) is 6.05. The van der Waals surface area contributed by atoms with E-state index in [0.717, 1.165) is 24.6 Å². The van der Waals surface area contributed by atoms with Crippen molar-refractivity contribution in [2.45, 2.75) is 39.7 Å². The van der Waals surface area contributed by atoms with Crippen molar-refractivity contribution in [2.24, 2.45) is 11.8 Å². The highest BCUT2D eigenvalue weighted by atomic mass is 16.3. The van der Waals surface area contributed by atoms with E-state index in [9.17, 15) is 4.79 Å². The lowest BCUT2D eigenvalue weighted by molar-refractivity contribution is -0.132. The largest absolute Gasteiger partial charge is 0.464 e. The molecule has 2 heterocycles. The van der Waals surface area contributed by atoms with E-state index < -0.39 is 0 Å². The number of carbonyl (C=O) groups excluding carboxylic acids is 1. The minimum Gasteiger partial charge on any atom is -0.464 e. The molecule has 112 valence electrons. The molecule has 1 N–H and O–H groups in total. The molecule has 0 aliphatic carbocycles. The van der Waals surface area contributed by atoms with E-state index in [2.05, 4.69) is 12.2 Å². The number of nitrogens with zero attached hydrogens (tertiary/aromatic N) is 1. The third-order valence-electron chi connectivity index (χ3n) is 4.25. The summed E-state index contributed by atoms with van der Waals surface area (Å²) < 4.78 is 5.52. The maximum absolute atomic E-state index is 12.3. The van der Waals surface area contributed by atoms with Gasteiger partial charge in [0.1, 0.15) is 11.5 Å². The van der Waals surface area contributed by atoms with Crippen LogP contribution < -0.4 is 5.32 Å². The fraction of sp³-hybridized carbons (Fsp3) is 0.688. The van der Waals surface area contributed by atoms with Crippen LogP contribution in [0.5, 0.6) is 0 Å². The topological polar surface area (TPSA) is 45.5 Å². The average molecular weight is 278 g/mol. The van der Waals surface area contributed by atoms with Crippen molar-refractivity contribution in [1.29, 1.82) is 0 Å². The number of aryl methyl sites for hydroxylation is 1. The first kappa shape index (κ1) is 15.1. The molecular weight excluding hydrogens is 252 g/mol. The summed E-state index contributed by atoms with van der Waals surface area (Å²) in [5, 5.41) is 3.42. The maximum Gasteiger partial charge on any atom is 0.222 e. The minimum atomic E-state index is 0.206. The van der Waals surface area contributed by atoms with E-state index >= 15 is 0 Å². The van der Waals surface area contributed by atoms with Gasteiger partial charge in [0, 0.05) is 13.5 Å². The van der Waals surface area contributed by atoms with Gasteiger partial charge in [-0.2, -0.15) is 0 Å². The monoisotopic (exact) mass is 278 g/mol. The van der Waals surface area contributed by atoms with Crippen molar-refractivity contribution in [3.8, 4) is 0 Å². The van der Waals surface area contributed by atoms with Crippen LogP contribution in [-0.4, -0.2) is 30.9 Å². The number of hydrogen-bond donors (Lipinski definition) is 1. The Morgan fingerprint density at radius 1 is 1.55 bits per heavy atom. The highest BCUT2D eigenvalue weighted by Crippen LogP contribution is 2.23. The molecule has 1 aliphatic rings. The Hall–Kier alpha value is -1.29. The zero-order valence-corrected chi connectivity index (χ0v) is 12.8. The molecule has 2 rings (SSSR count). The van der Waals surface area contributed by atoms with Gasteiger partial charge in [-0.15, -0.1) is 0 Å². The molecule has 0 spiro atoms. The van der Waals surface area contributed by atoms with Crippen LogP contribution in [0.1, 0.15) is 37.7 Å². The Morgan fingerprint density at radius 2 is 2.35 bits per heavy atom. The van der Waals surface area contributed by atoms with Crippen LogP contribution in [0.15, 0.2) is 16.5 Å². The standard InChI is InChI=1S/C16H26N2O2/c1-12(14-5-4-8-17-10-14)9-16(19)18(3)11-15-7-6-13(2)20-15/h6-7,12,14,17H,4-5,8-11H2,1-3H3. The van der Waals surface area contributed by atoms with E-state index in [1.54, 1.807) is 4.90 Å². The molecule has 1 aromatic rings. The number of piperidine rings is 1. The first-order valence-electron chi connectivity index (χ1n) is 7.56. The van der Waals surface area contributed by atoms with E-state index in [1.807, 2.05) is 26.1 Å². The molecule has 4 heteroatoms. The molecule has 0 radical (unpaired) electrons. The van der Waals surface area contributed by atoms with Crippen molar-refractivity contribution in [1.82, 2.24) is 10.2 Å². The lowest BCUT2D eigenvalue weighted by Gasteiger charge is -2.29. The van der Waals surface area contributed by atoms with Crippen LogP contribution >= 0.6 is 0 Å². The summed E-state index contributed by atoms with van der Waals surface area (Å²) >= 11 is 0. The normalized spacial score (nSPS) is 20.6. The third-order valence-corrected chi connectivity index (χ3v) is 4.25. The van der Waals surface area contributed by atoms with Crippen molar-refractivity contribution < 1.29 is 9.21 Å². The molecule has 0 saturated carbocycles. The average Bonchev–Trinajstić information content (AvgIpc) is 2.85. The van der Waals surface area contributed by atoms with Crippen molar-refractivity contribution >= 4 is 5.91 Å². The van der Waals surface area contributed by atoms with Crippen LogP contribution in [-0.2, 0) is 11.3 Å². The summed E-state index contributed by atoms with van der Waals surface area (Å²) in [6.07, 6.45) is 3.09. The molecule has 1 fully saturated rings. The van der Waals surface area contributed by atoms with Gasteiger partial charge in [-0.25, -0.2) is 0 Å². The van der Waals surface area contributed by atoms with Crippen molar-refractivity contribution in [2.75, 3.05) is 20.1 Å². The highest BCUT2D eigenvalue weighted by Gasteiger charge is 2.23. The molecular formula is C16H26N2O2. The van der Waals surface area contributed by atoms with Gasteiger partial charge in [0.05, 0.1) is 6.54 Å². The number of rotatable bonds is 5. The second-order valence-corrected chi connectivity index (χ2v) is 6.05. The number of furan rings is 1. The Kier molecular flexibility index (Phi) is 5.24. The molecule has 0 aromatic carbocycles. The lowest BCUT2D eigenvalue weighted by atomic mass is 9.85. The van der Waals surface area contributed by atoms with Crippen LogP contribution in [0.25, 0.3) is 0 Å². The first-order chi connectivity index (χ1) is 9.56. The van der Waals surface area contributed by atoms with Gasteiger partial charge in [0.25, 0.3) is 0 Å². The van der Waals surface area contributed by atoms with E-state index in [4.69, 9.17) is 4.42 Å². The zero-order chi connectivity index (χ0) is 14.5. The second kappa shape index (κ2) is 6.93. The number of amides is 1. The quantitative estimate of drug-likeness (QED) is 0.900. The number of nitrogens with one attached hydrogen (secondary N) is 1. The summed E-state index contributed by atoms with van der Waals surface area (Å²) in [6.45, 7) is 6.84. The molecule has 1 aliphatic heterocycles. The number of hydrogen-bond acceptors (Lipinski definition) is 3. The van der Waals surface area contributed by atoms with Crippen molar-refractivity contribution in [3.05, 3.63) is 23.7 Å². The molecule has 1 aromatic heterocycles. The maximum atomic E-state index is 12.3. The highest BCUT2D eigenvalue weighted by molar-refractivity contribution is 5.76. The predicted octanol–water partition coefficient (Wildman–Crippen LogP) is 2.57. The summed E-state index contributed by atoms with van der Waals surface area (Å²) in [7, 11) is 1.85. The SMILES string of the molecule is Cc1ccc(CN(C)C(=O)CC(C)C2CCCNC2)o1. The molecule has 2 atom stereocenters. The fourth-order valence-corrected chi connectivity index (χ4v) is 2.85. The molecule has 2 unspecified atom stereocenters. The van der Waals surface area contributed by atoms with Gasteiger partial charge in [0.2, 0.25) is 5.91 Å². The fourth-order valence-electron chi connectivity index (χ4n) is 2.85. The van der Waals surface area contributed by atoms with Gasteiger partial charge >= 0.3 is 0 Å². The molecule has 1 amide bonds. The van der Waals surface area contributed by atoms with Crippen LogP contribution in [0, 0.1) is 18.8 Å². The smallest absolute Gasteiger partial charge is 0.222 e. The summed E-state index contributed by atoms with van der Waals surface area (Å²) in [5.74, 6) is 3.02. The predicted molar refractivity (Wildman–Crippen MR) is 79.3 cm³/mol. The zero-order valence-electron chi connectivity index (χ0n) is 12.8. The molecule has 4 nitrogen and oxygen atoms in total. The first-order valence-corrected chi connectivity index (χ1v) is 7.56. The van der Waals surface area contributed by atoms with Crippen LogP contribution in [0.3, 0.4) is 0 Å². The molecule has 1 saturated heterocycles. The summed E-state index contributed by atoms with van der Waals surface area (Å²) in [5.41, 5.74) is 0. The van der Waals surface area contributed by atoms with E-state index in [1.165, 1.54) is 12.8 Å². The Labute approximate surface area is 121 Å². The lowest BCUT2D eigenvalue weighted by Crippen LogP contribution is -2.36. The van der Waals surface area contributed by atoms with Gasteiger partial charge in [0.15, 0.2) is 0 Å². The summed E-state index contributed by atoms with van der Waals surface area (Å²) in [4.78, 5) is 14.0. The summed E-state index contributed by atoms with van der Waals surface area (Å²) in [6, 6.07) is 3.87. The Balaban J connectivity index is 1.80. The minimum absolute atomic E-state index is 0.206. The molecule has 0 bridgehead atoms. The van der Waals surface area contributed by atoms with E-state index in [-0.39, 0.29) is 5.91 Å². The van der Waals surface area contributed by atoms with Gasteiger partial charge < -0.3 is 14.6 Å². The third kappa shape index (κ3) is 4.10.